The van der Waals surface area contributed by atoms with Crippen LogP contribution in [0.1, 0.15) is 99.3 Å². The van der Waals surface area contributed by atoms with E-state index in [1.54, 1.807) is 44.9 Å². The van der Waals surface area contributed by atoms with Gasteiger partial charge in [0, 0.05) is 6.04 Å². The number of fused-ring (bicyclic) bond motifs is 2. The first-order chi connectivity index (χ1) is 13.9. The Kier molecular flexibility index (Phi) is 6.87. The maximum absolute atomic E-state index is 4.50. The van der Waals surface area contributed by atoms with E-state index in [1.165, 1.54) is 19.9 Å². The van der Waals surface area contributed by atoms with Gasteiger partial charge in [0.25, 0.3) is 0 Å². The molecular weight excluding hydrogens is 352 g/mol. The SMILES string of the molecule is CC.CCC1C(C)CC2C3CCC4C(C)C(NC)CCC45CC35CCC12C.CN. The van der Waals surface area contributed by atoms with E-state index in [1.807, 2.05) is 13.8 Å². The van der Waals surface area contributed by atoms with Crippen molar-refractivity contribution in [3.05, 3.63) is 0 Å². The van der Waals surface area contributed by atoms with E-state index >= 15 is 0 Å². The van der Waals surface area contributed by atoms with Crippen LogP contribution in [-0.4, -0.2) is 20.1 Å². The summed E-state index contributed by atoms with van der Waals surface area (Å²) in [6, 6.07) is 0.787. The zero-order valence-corrected chi connectivity index (χ0v) is 21.0. The number of hydrogen-bond acceptors (Lipinski definition) is 2. The molecule has 5 saturated carbocycles. The van der Waals surface area contributed by atoms with Gasteiger partial charge >= 0.3 is 0 Å². The second kappa shape index (κ2) is 8.45. The summed E-state index contributed by atoms with van der Waals surface area (Å²) >= 11 is 0. The fraction of sp³-hybridized carbons (Fsp3) is 1.00. The normalized spacial score (nSPS) is 54.3. The Morgan fingerprint density at radius 1 is 0.897 bits per heavy atom. The molecule has 0 saturated heterocycles. The molecule has 0 aliphatic heterocycles. The summed E-state index contributed by atoms with van der Waals surface area (Å²) in [5.74, 6) is 6.04. The minimum Gasteiger partial charge on any atom is -0.333 e. The van der Waals surface area contributed by atoms with Crippen molar-refractivity contribution in [1.29, 1.82) is 0 Å². The molecule has 10 atom stereocenters. The van der Waals surface area contributed by atoms with Gasteiger partial charge < -0.3 is 11.1 Å². The van der Waals surface area contributed by atoms with Gasteiger partial charge in [0.2, 0.25) is 0 Å². The zero-order valence-electron chi connectivity index (χ0n) is 21.0. The van der Waals surface area contributed by atoms with Crippen LogP contribution < -0.4 is 11.1 Å². The Bertz CT molecular complexity index is 561. The minimum absolute atomic E-state index is 0.675. The maximum Gasteiger partial charge on any atom is 0.00927 e. The lowest BCUT2D eigenvalue weighted by molar-refractivity contribution is -0.0791. The molecule has 3 N–H and O–H groups in total. The van der Waals surface area contributed by atoms with E-state index in [2.05, 4.69) is 45.8 Å². The van der Waals surface area contributed by atoms with Gasteiger partial charge in [-0.25, -0.2) is 0 Å². The lowest BCUT2D eigenvalue weighted by atomic mass is 9.48. The fourth-order valence-electron chi connectivity index (χ4n) is 10.3. The lowest BCUT2D eigenvalue weighted by Crippen LogP contribution is -2.52. The van der Waals surface area contributed by atoms with Crippen molar-refractivity contribution in [2.24, 2.45) is 57.5 Å². The number of hydrogen-bond donors (Lipinski definition) is 2. The molecule has 0 aromatic heterocycles. The second-order valence-corrected chi connectivity index (χ2v) is 11.4. The van der Waals surface area contributed by atoms with Crippen molar-refractivity contribution in [1.82, 2.24) is 5.32 Å². The standard InChI is InChI=1S/C24H41N.C2H6.CH5N/c1-6-17-15(2)13-20-19-8-7-18-16(3)21(25-5)9-10-23(18)14-24(19,23)12-11-22(17,20)4;2*1-2/h15-21,25H,6-14H2,1-5H3;1-2H3;2H2,1H3. The molecule has 0 heterocycles. The van der Waals surface area contributed by atoms with Gasteiger partial charge in [-0.05, 0) is 117 Å². The van der Waals surface area contributed by atoms with Crippen molar-refractivity contribution in [3.8, 4) is 0 Å². The van der Waals surface area contributed by atoms with Crippen molar-refractivity contribution in [2.45, 2.75) is 105 Å². The predicted octanol–water partition coefficient (Wildman–Crippen LogP) is 6.49. The van der Waals surface area contributed by atoms with Gasteiger partial charge in [-0.1, -0.05) is 48.0 Å². The molecule has 0 aromatic rings. The minimum atomic E-state index is 0.675. The third kappa shape index (κ3) is 3.01. The molecule has 0 aromatic carbocycles. The summed E-state index contributed by atoms with van der Waals surface area (Å²) < 4.78 is 0. The summed E-state index contributed by atoms with van der Waals surface area (Å²) in [4.78, 5) is 0. The first-order valence-corrected chi connectivity index (χ1v) is 13.2. The van der Waals surface area contributed by atoms with Crippen molar-refractivity contribution >= 4 is 0 Å². The van der Waals surface area contributed by atoms with E-state index < -0.39 is 0 Å². The van der Waals surface area contributed by atoms with Gasteiger partial charge in [0.15, 0.2) is 0 Å². The summed E-state index contributed by atoms with van der Waals surface area (Å²) in [6.07, 6.45) is 13.8. The molecule has 10 unspecified atom stereocenters. The molecule has 5 aliphatic carbocycles. The van der Waals surface area contributed by atoms with Crippen LogP contribution >= 0.6 is 0 Å². The monoisotopic (exact) mass is 404 g/mol. The molecule has 5 fully saturated rings. The average molecular weight is 405 g/mol. The predicted molar refractivity (Wildman–Crippen MR) is 127 cm³/mol. The molecule has 5 rings (SSSR count). The van der Waals surface area contributed by atoms with E-state index in [9.17, 15) is 0 Å². The topological polar surface area (TPSA) is 38.0 Å². The van der Waals surface area contributed by atoms with Crippen LogP contribution in [0.4, 0.5) is 0 Å². The van der Waals surface area contributed by atoms with Crippen molar-refractivity contribution in [2.75, 3.05) is 14.1 Å². The molecule has 2 heteroatoms. The van der Waals surface area contributed by atoms with Crippen LogP contribution in [0.25, 0.3) is 0 Å². The maximum atomic E-state index is 4.50. The highest BCUT2D eigenvalue weighted by Crippen LogP contribution is 2.86. The summed E-state index contributed by atoms with van der Waals surface area (Å²) in [6.45, 7) is 14.3. The average Bonchev–Trinajstić information content (AvgIpc) is 3.33. The lowest BCUT2D eigenvalue weighted by Gasteiger charge is -2.57. The molecule has 2 nitrogen and oxygen atoms in total. The number of rotatable bonds is 2. The molecule has 0 bridgehead atoms. The number of nitrogens with one attached hydrogen (secondary N) is 1. The van der Waals surface area contributed by atoms with Crippen molar-refractivity contribution in [3.63, 3.8) is 0 Å². The van der Waals surface area contributed by atoms with Crippen LogP contribution in [0.5, 0.6) is 0 Å². The Hall–Kier alpha value is -0.0800. The Morgan fingerprint density at radius 3 is 2.14 bits per heavy atom. The molecule has 170 valence electrons. The van der Waals surface area contributed by atoms with Gasteiger partial charge in [0.1, 0.15) is 0 Å². The molecule has 0 amide bonds. The van der Waals surface area contributed by atoms with Crippen LogP contribution in [-0.2, 0) is 0 Å². The van der Waals surface area contributed by atoms with E-state index in [0.717, 1.165) is 52.4 Å². The van der Waals surface area contributed by atoms with Crippen LogP contribution in [0.3, 0.4) is 0 Å². The summed E-state index contributed by atoms with van der Waals surface area (Å²) in [5, 5.41) is 3.65. The zero-order chi connectivity index (χ0) is 21.6. The van der Waals surface area contributed by atoms with E-state index in [-0.39, 0.29) is 0 Å². The van der Waals surface area contributed by atoms with Crippen LogP contribution in [0.2, 0.25) is 0 Å². The summed E-state index contributed by atoms with van der Waals surface area (Å²) in [5.41, 5.74) is 6.74. The van der Waals surface area contributed by atoms with Crippen molar-refractivity contribution < 1.29 is 0 Å². The third-order valence-corrected chi connectivity index (χ3v) is 11.3. The van der Waals surface area contributed by atoms with Gasteiger partial charge in [-0.15, -0.1) is 0 Å². The largest absolute Gasteiger partial charge is 0.333 e. The second-order valence-electron chi connectivity index (χ2n) is 11.4. The molecular formula is C27H52N2. The fourth-order valence-corrected chi connectivity index (χ4v) is 10.3. The van der Waals surface area contributed by atoms with Crippen LogP contribution in [0.15, 0.2) is 0 Å². The van der Waals surface area contributed by atoms with E-state index in [4.69, 9.17) is 0 Å². The first kappa shape index (κ1) is 23.6. The van der Waals surface area contributed by atoms with E-state index in [0.29, 0.717) is 5.41 Å². The molecule has 2 spiro atoms. The smallest absolute Gasteiger partial charge is 0.00927 e. The molecule has 29 heavy (non-hydrogen) atoms. The third-order valence-electron chi connectivity index (χ3n) is 11.3. The Labute approximate surface area is 182 Å². The first-order valence-electron chi connectivity index (χ1n) is 13.2. The highest BCUT2D eigenvalue weighted by atomic mass is 14.9. The molecule has 5 aliphatic rings. The molecule has 0 radical (unpaired) electrons. The highest BCUT2D eigenvalue weighted by Gasteiger charge is 2.78. The van der Waals surface area contributed by atoms with Crippen LogP contribution in [0, 0.1) is 51.8 Å². The summed E-state index contributed by atoms with van der Waals surface area (Å²) in [7, 11) is 3.70. The Balaban J connectivity index is 0.000000568. The van der Waals surface area contributed by atoms with Gasteiger partial charge in [-0.2, -0.15) is 0 Å². The highest BCUT2D eigenvalue weighted by molar-refractivity contribution is 5.27. The Morgan fingerprint density at radius 2 is 1.52 bits per heavy atom. The quantitative estimate of drug-likeness (QED) is 0.552. The van der Waals surface area contributed by atoms with Gasteiger partial charge in [-0.3, -0.25) is 0 Å². The van der Waals surface area contributed by atoms with Gasteiger partial charge in [0.05, 0.1) is 0 Å². The number of nitrogens with two attached hydrogens (primary N) is 1.